The van der Waals surface area contributed by atoms with Gasteiger partial charge >= 0.3 is 0 Å². The van der Waals surface area contributed by atoms with Crippen molar-refractivity contribution in [3.05, 3.63) is 11.8 Å². The second-order valence-electron chi connectivity index (χ2n) is 3.36. The van der Waals surface area contributed by atoms with E-state index >= 15 is 0 Å². The molecule has 5 nitrogen and oxygen atoms in total. The van der Waals surface area contributed by atoms with Gasteiger partial charge < -0.3 is 11.1 Å². The third-order valence-corrected chi connectivity index (χ3v) is 2.14. The average Bonchev–Trinajstić information content (AvgIpc) is 2.47. The van der Waals surface area contributed by atoms with E-state index in [1.54, 1.807) is 13.1 Å². The van der Waals surface area contributed by atoms with Crippen LogP contribution < -0.4 is 11.1 Å². The Morgan fingerprint density at radius 1 is 1.79 bits per heavy atom. The first-order valence-electron chi connectivity index (χ1n) is 4.65. The van der Waals surface area contributed by atoms with Crippen LogP contribution in [0.1, 0.15) is 30.8 Å². The lowest BCUT2D eigenvalue weighted by atomic mass is 10.2. The van der Waals surface area contributed by atoms with Crippen LogP contribution in [-0.2, 0) is 7.05 Å². The highest BCUT2D eigenvalue weighted by Gasteiger charge is 2.12. The van der Waals surface area contributed by atoms with Crippen LogP contribution >= 0.6 is 0 Å². The monoisotopic (exact) mass is 196 g/mol. The quantitative estimate of drug-likeness (QED) is 0.740. The second kappa shape index (κ2) is 4.13. The largest absolute Gasteiger partial charge is 0.384 e. The maximum Gasteiger partial charge on any atom is 0.272 e. The van der Waals surface area contributed by atoms with Gasteiger partial charge in [-0.15, -0.1) is 0 Å². The standard InChI is InChI=1S/C9H16N4O/c1-4-6(2)11-9(14)7-5-8(10)13(3)12-7/h5-6H,4,10H2,1-3H3,(H,11,14). The van der Waals surface area contributed by atoms with Gasteiger partial charge in [-0.1, -0.05) is 6.92 Å². The van der Waals surface area contributed by atoms with Crippen LogP contribution in [0.3, 0.4) is 0 Å². The lowest BCUT2D eigenvalue weighted by Gasteiger charge is -2.09. The molecule has 1 aromatic rings. The van der Waals surface area contributed by atoms with Crippen molar-refractivity contribution in [2.24, 2.45) is 7.05 Å². The number of hydrogen-bond donors (Lipinski definition) is 2. The molecule has 0 aliphatic carbocycles. The van der Waals surface area contributed by atoms with E-state index in [2.05, 4.69) is 10.4 Å². The molecule has 0 aliphatic rings. The number of carbonyl (C=O) groups excluding carboxylic acids is 1. The number of aryl methyl sites for hydroxylation is 1. The minimum atomic E-state index is -0.174. The van der Waals surface area contributed by atoms with Crippen LogP contribution in [0.5, 0.6) is 0 Å². The second-order valence-corrected chi connectivity index (χ2v) is 3.36. The van der Waals surface area contributed by atoms with E-state index in [0.29, 0.717) is 11.5 Å². The summed E-state index contributed by atoms with van der Waals surface area (Å²) in [5.74, 6) is 0.311. The van der Waals surface area contributed by atoms with E-state index in [0.717, 1.165) is 6.42 Å². The summed E-state index contributed by atoms with van der Waals surface area (Å²) in [6.07, 6.45) is 0.897. The van der Waals surface area contributed by atoms with Gasteiger partial charge in [-0.2, -0.15) is 5.10 Å². The van der Waals surface area contributed by atoms with Gasteiger partial charge in [-0.05, 0) is 13.3 Å². The maximum atomic E-state index is 11.5. The van der Waals surface area contributed by atoms with E-state index < -0.39 is 0 Å². The highest BCUT2D eigenvalue weighted by Crippen LogP contribution is 2.04. The Bertz CT molecular complexity index is 312. The first kappa shape index (κ1) is 10.6. The number of nitrogens with two attached hydrogens (primary N) is 1. The third-order valence-electron chi connectivity index (χ3n) is 2.14. The van der Waals surface area contributed by atoms with Crippen molar-refractivity contribution in [1.82, 2.24) is 15.1 Å². The van der Waals surface area contributed by atoms with Crippen LogP contribution in [-0.4, -0.2) is 21.7 Å². The van der Waals surface area contributed by atoms with Crippen LogP contribution in [0.2, 0.25) is 0 Å². The molecule has 0 spiro atoms. The number of nitrogens with zero attached hydrogens (tertiary/aromatic N) is 2. The van der Waals surface area contributed by atoms with E-state index in [4.69, 9.17) is 5.73 Å². The number of nitrogens with one attached hydrogen (secondary N) is 1. The molecular formula is C9H16N4O. The first-order chi connectivity index (χ1) is 6.54. The van der Waals surface area contributed by atoms with Crippen LogP contribution in [0, 0.1) is 0 Å². The third kappa shape index (κ3) is 2.25. The normalized spacial score (nSPS) is 12.5. The zero-order valence-electron chi connectivity index (χ0n) is 8.74. The summed E-state index contributed by atoms with van der Waals surface area (Å²) in [4.78, 5) is 11.5. The molecule has 0 saturated heterocycles. The zero-order valence-corrected chi connectivity index (χ0v) is 8.74. The average molecular weight is 196 g/mol. The molecule has 3 N–H and O–H groups in total. The number of amides is 1. The molecular weight excluding hydrogens is 180 g/mol. The molecule has 78 valence electrons. The van der Waals surface area contributed by atoms with Gasteiger partial charge in [0.05, 0.1) is 0 Å². The molecule has 1 aromatic heterocycles. The Kier molecular flexibility index (Phi) is 3.11. The number of aromatic nitrogens is 2. The van der Waals surface area contributed by atoms with Gasteiger partial charge in [0.1, 0.15) is 5.82 Å². The van der Waals surface area contributed by atoms with Gasteiger partial charge in [0, 0.05) is 19.2 Å². The van der Waals surface area contributed by atoms with Crippen molar-refractivity contribution in [3.8, 4) is 0 Å². The minimum Gasteiger partial charge on any atom is -0.384 e. The van der Waals surface area contributed by atoms with Crippen LogP contribution in [0.15, 0.2) is 6.07 Å². The van der Waals surface area contributed by atoms with Crippen LogP contribution in [0.25, 0.3) is 0 Å². The van der Waals surface area contributed by atoms with Gasteiger partial charge in [-0.25, -0.2) is 0 Å². The number of anilines is 1. The lowest BCUT2D eigenvalue weighted by Crippen LogP contribution is -2.32. The molecule has 5 heteroatoms. The van der Waals surface area contributed by atoms with Gasteiger partial charge in [0.2, 0.25) is 0 Å². The summed E-state index contributed by atoms with van der Waals surface area (Å²) in [6, 6.07) is 1.73. The lowest BCUT2D eigenvalue weighted by molar-refractivity contribution is 0.0933. The zero-order chi connectivity index (χ0) is 10.7. The fourth-order valence-corrected chi connectivity index (χ4v) is 0.992. The Labute approximate surface area is 83.3 Å². The van der Waals surface area contributed by atoms with Gasteiger partial charge in [-0.3, -0.25) is 9.48 Å². The van der Waals surface area contributed by atoms with E-state index in [1.165, 1.54) is 4.68 Å². The molecule has 14 heavy (non-hydrogen) atoms. The molecule has 0 bridgehead atoms. The van der Waals surface area contributed by atoms with E-state index in [9.17, 15) is 4.79 Å². The van der Waals surface area contributed by atoms with E-state index in [-0.39, 0.29) is 11.9 Å². The predicted molar refractivity (Wildman–Crippen MR) is 54.8 cm³/mol. The Morgan fingerprint density at radius 2 is 2.43 bits per heavy atom. The summed E-state index contributed by atoms with van der Waals surface area (Å²) in [6.45, 7) is 3.96. The topological polar surface area (TPSA) is 72.9 Å². The van der Waals surface area contributed by atoms with Crippen molar-refractivity contribution in [3.63, 3.8) is 0 Å². The fourth-order valence-electron chi connectivity index (χ4n) is 0.992. The van der Waals surface area contributed by atoms with Crippen molar-refractivity contribution in [1.29, 1.82) is 0 Å². The summed E-state index contributed by atoms with van der Waals surface area (Å²) < 4.78 is 1.48. The van der Waals surface area contributed by atoms with Gasteiger partial charge in [0.25, 0.3) is 5.91 Å². The highest BCUT2D eigenvalue weighted by molar-refractivity contribution is 5.93. The molecule has 1 amide bonds. The number of rotatable bonds is 3. The van der Waals surface area contributed by atoms with Crippen molar-refractivity contribution in [2.75, 3.05) is 5.73 Å². The molecule has 0 saturated carbocycles. The summed E-state index contributed by atoms with van der Waals surface area (Å²) >= 11 is 0. The number of nitrogen functional groups attached to an aromatic ring is 1. The summed E-state index contributed by atoms with van der Waals surface area (Å²) in [7, 11) is 1.70. The Morgan fingerprint density at radius 3 is 2.86 bits per heavy atom. The SMILES string of the molecule is CCC(C)NC(=O)c1cc(N)n(C)n1. The number of hydrogen-bond acceptors (Lipinski definition) is 3. The van der Waals surface area contributed by atoms with E-state index in [1.807, 2.05) is 13.8 Å². The molecule has 1 rings (SSSR count). The smallest absolute Gasteiger partial charge is 0.272 e. The fraction of sp³-hybridized carbons (Fsp3) is 0.556. The summed E-state index contributed by atoms with van der Waals surface area (Å²) in [5.41, 5.74) is 5.93. The van der Waals surface area contributed by atoms with Gasteiger partial charge in [0.15, 0.2) is 5.69 Å². The Hall–Kier alpha value is -1.52. The molecule has 1 atom stereocenters. The highest BCUT2D eigenvalue weighted by atomic mass is 16.2. The Balaban J connectivity index is 2.70. The number of carbonyl (C=O) groups is 1. The van der Waals surface area contributed by atoms with Crippen LogP contribution in [0.4, 0.5) is 5.82 Å². The summed E-state index contributed by atoms with van der Waals surface area (Å²) in [5, 5.41) is 6.79. The molecule has 0 aliphatic heterocycles. The molecule has 0 aromatic carbocycles. The molecule has 0 radical (unpaired) electrons. The minimum absolute atomic E-state index is 0.158. The molecule has 1 heterocycles. The predicted octanol–water partition coefficient (Wildman–Crippen LogP) is 0.531. The molecule has 1 unspecified atom stereocenters. The maximum absolute atomic E-state index is 11.5. The van der Waals surface area contributed by atoms with Crippen molar-refractivity contribution >= 4 is 11.7 Å². The first-order valence-corrected chi connectivity index (χ1v) is 4.65. The molecule has 0 fully saturated rings. The van der Waals surface area contributed by atoms with Crippen molar-refractivity contribution in [2.45, 2.75) is 26.3 Å². The van der Waals surface area contributed by atoms with Crippen molar-refractivity contribution < 1.29 is 4.79 Å².